The fourth-order valence-electron chi connectivity index (χ4n) is 5.03. The Balaban J connectivity index is 0.000000210. The van der Waals surface area contributed by atoms with Gasteiger partial charge in [-0.15, -0.1) is 0 Å². The van der Waals surface area contributed by atoms with Crippen molar-refractivity contribution in [2.75, 3.05) is 44.8 Å². The van der Waals surface area contributed by atoms with E-state index >= 15 is 0 Å². The van der Waals surface area contributed by atoms with E-state index in [0.717, 1.165) is 29.2 Å². The zero-order chi connectivity index (χ0) is 32.3. The summed E-state index contributed by atoms with van der Waals surface area (Å²) < 4.78 is 23.7. The van der Waals surface area contributed by atoms with Gasteiger partial charge in [0.2, 0.25) is 0 Å². The molecule has 1 heterocycles. The maximum atomic E-state index is 5.76. The first-order valence-electron chi connectivity index (χ1n) is 16.3. The molecule has 1 aliphatic heterocycles. The summed E-state index contributed by atoms with van der Waals surface area (Å²) in [6.07, 6.45) is 3.98. The molecule has 0 aromatic heterocycles. The Hall–Kier alpha value is -2.37. The summed E-state index contributed by atoms with van der Waals surface area (Å²) in [5, 5.41) is 4.87. The van der Waals surface area contributed by atoms with Gasteiger partial charge in [0, 0.05) is 52.6 Å². The highest BCUT2D eigenvalue weighted by Crippen LogP contribution is 2.28. The lowest BCUT2D eigenvalue weighted by atomic mass is 10.1. The van der Waals surface area contributed by atoms with Gasteiger partial charge in [-0.2, -0.15) is 0 Å². The molecule has 0 N–H and O–H groups in total. The molecule has 1 saturated heterocycles. The van der Waals surface area contributed by atoms with Crippen LogP contribution >= 0.6 is 15.9 Å². The summed E-state index contributed by atoms with van der Waals surface area (Å²) in [5.41, 5.74) is 1.34. The van der Waals surface area contributed by atoms with Gasteiger partial charge in [0.15, 0.2) is 13.6 Å². The van der Waals surface area contributed by atoms with Crippen LogP contribution in [0.1, 0.15) is 19.3 Å². The number of fused-ring (bicyclic) bond motifs is 2. The first-order chi connectivity index (χ1) is 21.4. The molecule has 0 bridgehead atoms. The molecule has 4 aromatic rings. The van der Waals surface area contributed by atoms with Crippen LogP contribution in [-0.2, 0) is 9.47 Å². The normalized spacial score (nSPS) is 13.9. The van der Waals surface area contributed by atoms with Gasteiger partial charge in [0.25, 0.3) is 0 Å². The van der Waals surface area contributed by atoms with E-state index in [1.165, 1.54) is 71.7 Å². The summed E-state index contributed by atoms with van der Waals surface area (Å²) in [6.45, 7) is 18.7. The third kappa shape index (κ3) is 12.7. The average molecular weight is 711 g/mol. The fraction of sp³-hybridized carbons (Fsp3) is 0.459. The number of hydrogen-bond acceptors (Lipinski definition) is 5. The Labute approximate surface area is 281 Å². The molecule has 4 aromatic carbocycles. The lowest BCUT2D eigenvalue weighted by Crippen LogP contribution is -2.29. The van der Waals surface area contributed by atoms with Crippen molar-refractivity contribution in [1.82, 2.24) is 0 Å². The quantitative estimate of drug-likeness (QED) is 0.0785. The van der Waals surface area contributed by atoms with Crippen molar-refractivity contribution < 1.29 is 18.9 Å². The summed E-state index contributed by atoms with van der Waals surface area (Å²) >= 11 is 3.48. The van der Waals surface area contributed by atoms with E-state index in [0.29, 0.717) is 13.6 Å². The average Bonchev–Trinajstić information content (AvgIpc) is 3.00. The molecule has 5 nitrogen and oxygen atoms in total. The molecule has 0 radical (unpaired) electrons. The summed E-state index contributed by atoms with van der Waals surface area (Å²) in [5.74, 6) is 1.74. The topological polar surface area (TPSA) is 40.2 Å². The van der Waals surface area contributed by atoms with Crippen molar-refractivity contribution >= 4 is 59.3 Å². The van der Waals surface area contributed by atoms with E-state index in [4.69, 9.17) is 18.9 Å². The zero-order valence-electron chi connectivity index (χ0n) is 28.2. The van der Waals surface area contributed by atoms with Crippen molar-refractivity contribution in [3.8, 4) is 11.5 Å². The number of piperidine rings is 1. The highest BCUT2D eigenvalue weighted by atomic mass is 79.9. The number of hydrogen-bond donors (Lipinski definition) is 0. The number of ether oxygens (including phenoxy) is 4. The van der Waals surface area contributed by atoms with Gasteiger partial charge < -0.3 is 23.8 Å². The van der Waals surface area contributed by atoms with Gasteiger partial charge in [0.1, 0.15) is 11.5 Å². The standard InChI is InChI=1S/C21H31NO2Si.C16H21BrO2Si/c1-25(2,3)14-13-23-17-24-21-10-8-18-15-20(9-7-19(18)16-21)22-11-5-4-6-12-22;1-20(2,3)9-8-18-12-19-16-7-5-13-10-15(17)6-4-14(13)11-16/h7-10,15-16H,4-6,11-14,17H2,1-3H3;4-7,10-11H,8-9,12H2,1-3H3. The van der Waals surface area contributed by atoms with Gasteiger partial charge in [-0.05, 0) is 101 Å². The maximum absolute atomic E-state index is 5.76. The Morgan fingerprint density at radius 3 is 1.58 bits per heavy atom. The number of anilines is 1. The molecule has 0 unspecified atom stereocenters. The predicted molar refractivity (Wildman–Crippen MR) is 201 cm³/mol. The molecule has 1 fully saturated rings. The number of nitrogens with zero attached hydrogens (tertiary/aromatic N) is 1. The Morgan fingerprint density at radius 2 is 1.04 bits per heavy atom. The van der Waals surface area contributed by atoms with Crippen LogP contribution in [0.4, 0.5) is 5.69 Å². The molecule has 0 atom stereocenters. The molecule has 0 spiro atoms. The first-order valence-corrected chi connectivity index (χ1v) is 24.6. The van der Waals surface area contributed by atoms with E-state index in [1.54, 1.807) is 0 Å². The van der Waals surface area contributed by atoms with Crippen LogP contribution in [0.25, 0.3) is 21.5 Å². The van der Waals surface area contributed by atoms with Crippen molar-refractivity contribution in [3.63, 3.8) is 0 Å². The SMILES string of the molecule is C[Si](C)(C)CCOCOc1ccc2cc(Br)ccc2c1.C[Si](C)(C)CCOCOc1ccc2cc(N3CCCCC3)ccc2c1. The molecule has 0 amide bonds. The molecular formula is C37H52BrNO4Si2. The second-order valence-electron chi connectivity index (χ2n) is 14.4. The van der Waals surface area contributed by atoms with Gasteiger partial charge >= 0.3 is 0 Å². The summed E-state index contributed by atoms with van der Waals surface area (Å²) in [6, 6.07) is 27.7. The minimum atomic E-state index is -1.03. The fourth-order valence-corrected chi connectivity index (χ4v) is 6.92. The van der Waals surface area contributed by atoms with Crippen LogP contribution in [0.3, 0.4) is 0 Å². The lowest BCUT2D eigenvalue weighted by Gasteiger charge is -2.29. The Kier molecular flexibility index (Phi) is 13.4. The van der Waals surface area contributed by atoms with E-state index < -0.39 is 16.1 Å². The molecule has 244 valence electrons. The molecule has 45 heavy (non-hydrogen) atoms. The highest BCUT2D eigenvalue weighted by Gasteiger charge is 2.13. The maximum Gasteiger partial charge on any atom is 0.189 e. The Bertz CT molecular complexity index is 1500. The third-order valence-corrected chi connectivity index (χ3v) is 11.8. The smallest absolute Gasteiger partial charge is 0.189 e. The molecule has 0 aliphatic carbocycles. The van der Waals surface area contributed by atoms with Gasteiger partial charge in [-0.3, -0.25) is 0 Å². The van der Waals surface area contributed by atoms with Crippen molar-refractivity contribution in [1.29, 1.82) is 0 Å². The second-order valence-corrected chi connectivity index (χ2v) is 26.5. The Morgan fingerprint density at radius 1 is 0.578 bits per heavy atom. The van der Waals surface area contributed by atoms with Gasteiger partial charge in [-0.1, -0.05) is 79.5 Å². The first kappa shape index (κ1) is 35.5. The minimum absolute atomic E-state index is 0.326. The molecular weight excluding hydrogens is 658 g/mol. The predicted octanol–water partition coefficient (Wildman–Crippen LogP) is 10.8. The van der Waals surface area contributed by atoms with E-state index in [-0.39, 0.29) is 0 Å². The van der Waals surface area contributed by atoms with E-state index in [9.17, 15) is 0 Å². The van der Waals surface area contributed by atoms with Crippen LogP contribution in [0.2, 0.25) is 51.4 Å². The summed E-state index contributed by atoms with van der Waals surface area (Å²) in [7, 11) is -2.04. The number of rotatable bonds is 13. The highest BCUT2D eigenvalue weighted by molar-refractivity contribution is 9.10. The van der Waals surface area contributed by atoms with Crippen molar-refractivity contribution in [2.45, 2.75) is 70.6 Å². The largest absolute Gasteiger partial charge is 0.468 e. The van der Waals surface area contributed by atoms with Crippen LogP contribution in [0, 0.1) is 0 Å². The minimum Gasteiger partial charge on any atom is -0.468 e. The van der Waals surface area contributed by atoms with Crippen LogP contribution in [-0.4, -0.2) is 56.0 Å². The zero-order valence-corrected chi connectivity index (χ0v) is 31.8. The van der Waals surface area contributed by atoms with E-state index in [1.807, 2.05) is 24.3 Å². The van der Waals surface area contributed by atoms with Crippen LogP contribution in [0.15, 0.2) is 77.3 Å². The third-order valence-electron chi connectivity index (χ3n) is 7.90. The van der Waals surface area contributed by atoms with Gasteiger partial charge in [0.05, 0.1) is 0 Å². The monoisotopic (exact) mass is 709 g/mol. The molecule has 1 aliphatic rings. The van der Waals surface area contributed by atoms with Crippen LogP contribution < -0.4 is 14.4 Å². The van der Waals surface area contributed by atoms with Crippen molar-refractivity contribution in [3.05, 3.63) is 77.3 Å². The van der Waals surface area contributed by atoms with Gasteiger partial charge in [-0.25, -0.2) is 0 Å². The van der Waals surface area contributed by atoms with E-state index in [2.05, 4.69) is 109 Å². The van der Waals surface area contributed by atoms with Crippen molar-refractivity contribution in [2.24, 2.45) is 0 Å². The summed E-state index contributed by atoms with van der Waals surface area (Å²) in [4.78, 5) is 2.50. The molecule has 5 rings (SSSR count). The molecule has 8 heteroatoms. The number of halogens is 1. The number of benzene rings is 4. The molecule has 0 saturated carbocycles. The van der Waals surface area contributed by atoms with Crippen LogP contribution in [0.5, 0.6) is 11.5 Å². The lowest BCUT2D eigenvalue weighted by molar-refractivity contribution is 0.0219. The second kappa shape index (κ2) is 17.0.